The van der Waals surface area contributed by atoms with Crippen LogP contribution in [-0.4, -0.2) is 22.8 Å². The third-order valence-corrected chi connectivity index (χ3v) is 3.22. The molecular formula is C14H19ClN4O2. The zero-order valence-corrected chi connectivity index (χ0v) is 13.2. The molecule has 0 unspecified atom stereocenters. The van der Waals surface area contributed by atoms with Crippen LogP contribution in [0.25, 0.3) is 0 Å². The van der Waals surface area contributed by atoms with E-state index < -0.39 is 0 Å². The zero-order chi connectivity index (χ0) is 14.9. The van der Waals surface area contributed by atoms with Crippen LogP contribution in [0, 0.1) is 13.8 Å². The minimum Gasteiger partial charge on any atom is -0.495 e. The van der Waals surface area contributed by atoms with E-state index in [1.165, 1.54) is 0 Å². The van der Waals surface area contributed by atoms with Crippen LogP contribution in [0.3, 0.4) is 0 Å². The first kappa shape index (κ1) is 16.8. The van der Waals surface area contributed by atoms with Crippen LogP contribution < -0.4 is 15.8 Å². The van der Waals surface area contributed by atoms with E-state index in [-0.39, 0.29) is 18.3 Å². The van der Waals surface area contributed by atoms with Crippen molar-refractivity contribution in [2.75, 3.05) is 18.2 Å². The van der Waals surface area contributed by atoms with E-state index in [0.717, 1.165) is 5.69 Å². The molecule has 0 fully saturated rings. The number of hydrogen-bond donors (Lipinski definition) is 2. The van der Waals surface area contributed by atoms with E-state index >= 15 is 0 Å². The lowest BCUT2D eigenvalue weighted by atomic mass is 10.1. The second kappa shape index (κ2) is 6.49. The standard InChI is InChI=1S/C14H18N4O2.ClH/c1-8-13(9(2)18(3)17-8)14(19)16-10-5-6-12(20-4)11(15)7-10;/h5-7H,15H2,1-4H3,(H,16,19);1H. The molecule has 1 aromatic carbocycles. The molecule has 0 aliphatic heterocycles. The van der Waals surface area contributed by atoms with Crippen molar-refractivity contribution in [1.82, 2.24) is 9.78 Å². The number of nitrogens with two attached hydrogens (primary N) is 1. The number of carbonyl (C=O) groups is 1. The van der Waals surface area contributed by atoms with Gasteiger partial charge in [-0.2, -0.15) is 5.10 Å². The van der Waals surface area contributed by atoms with Crippen LogP contribution in [-0.2, 0) is 7.05 Å². The Morgan fingerprint density at radius 3 is 2.52 bits per heavy atom. The van der Waals surface area contributed by atoms with Crippen molar-refractivity contribution in [3.05, 3.63) is 35.2 Å². The van der Waals surface area contributed by atoms with Crippen LogP contribution in [0.15, 0.2) is 18.2 Å². The van der Waals surface area contributed by atoms with Crippen LogP contribution in [0.5, 0.6) is 5.75 Å². The number of anilines is 2. The Bertz CT molecular complexity index is 667. The van der Waals surface area contributed by atoms with Gasteiger partial charge in [-0.25, -0.2) is 0 Å². The van der Waals surface area contributed by atoms with E-state index in [1.807, 2.05) is 20.9 Å². The number of methoxy groups -OCH3 is 1. The lowest BCUT2D eigenvalue weighted by Crippen LogP contribution is -2.14. The van der Waals surface area contributed by atoms with Gasteiger partial charge < -0.3 is 15.8 Å². The fourth-order valence-corrected chi connectivity index (χ4v) is 2.11. The molecule has 1 amide bonds. The summed E-state index contributed by atoms with van der Waals surface area (Å²) in [4.78, 5) is 12.3. The Kier molecular flexibility index (Phi) is 5.21. The summed E-state index contributed by atoms with van der Waals surface area (Å²) < 4.78 is 6.77. The maximum atomic E-state index is 12.3. The molecule has 0 saturated heterocycles. The molecule has 0 atom stereocenters. The van der Waals surface area contributed by atoms with E-state index in [2.05, 4.69) is 10.4 Å². The monoisotopic (exact) mass is 310 g/mol. The van der Waals surface area contributed by atoms with Gasteiger partial charge in [0.25, 0.3) is 5.91 Å². The zero-order valence-electron chi connectivity index (χ0n) is 12.4. The molecule has 2 aromatic rings. The SMILES string of the molecule is COc1ccc(NC(=O)c2c(C)nn(C)c2C)cc1N.Cl. The Hall–Kier alpha value is -2.21. The molecule has 1 heterocycles. The molecule has 7 heteroatoms. The van der Waals surface area contributed by atoms with Crippen molar-refractivity contribution in [3.63, 3.8) is 0 Å². The molecule has 0 aliphatic carbocycles. The van der Waals surface area contributed by atoms with Gasteiger partial charge in [-0.1, -0.05) is 0 Å². The highest BCUT2D eigenvalue weighted by Gasteiger charge is 2.17. The van der Waals surface area contributed by atoms with Gasteiger partial charge in [-0.05, 0) is 32.0 Å². The third kappa shape index (κ3) is 3.28. The number of amides is 1. The van der Waals surface area contributed by atoms with Gasteiger partial charge in [0.15, 0.2) is 0 Å². The second-order valence-electron chi connectivity index (χ2n) is 4.58. The molecule has 0 saturated carbocycles. The second-order valence-corrected chi connectivity index (χ2v) is 4.58. The number of nitrogens with zero attached hydrogens (tertiary/aromatic N) is 2. The molecule has 2 rings (SSSR count). The van der Waals surface area contributed by atoms with Gasteiger partial charge in [0.1, 0.15) is 5.75 Å². The van der Waals surface area contributed by atoms with Crippen molar-refractivity contribution in [1.29, 1.82) is 0 Å². The highest BCUT2D eigenvalue weighted by Crippen LogP contribution is 2.25. The molecule has 114 valence electrons. The molecule has 0 bridgehead atoms. The van der Waals surface area contributed by atoms with Crippen LogP contribution in [0.2, 0.25) is 0 Å². The third-order valence-electron chi connectivity index (χ3n) is 3.22. The summed E-state index contributed by atoms with van der Waals surface area (Å²) in [5.74, 6) is 0.384. The number of benzene rings is 1. The summed E-state index contributed by atoms with van der Waals surface area (Å²) in [5, 5.41) is 7.05. The number of halogens is 1. The number of aromatic nitrogens is 2. The maximum absolute atomic E-state index is 12.3. The van der Waals surface area contributed by atoms with E-state index in [4.69, 9.17) is 10.5 Å². The molecule has 0 spiro atoms. The molecule has 3 N–H and O–H groups in total. The normalized spacial score (nSPS) is 9.90. The summed E-state index contributed by atoms with van der Waals surface area (Å²) in [6.45, 7) is 3.67. The number of ether oxygens (including phenoxy) is 1. The van der Waals surface area contributed by atoms with E-state index in [1.54, 1.807) is 30.0 Å². The summed E-state index contributed by atoms with van der Waals surface area (Å²) in [6.07, 6.45) is 0. The van der Waals surface area contributed by atoms with Gasteiger partial charge in [0.05, 0.1) is 24.1 Å². The van der Waals surface area contributed by atoms with Crippen molar-refractivity contribution in [2.24, 2.45) is 7.05 Å². The van der Waals surface area contributed by atoms with Crippen LogP contribution in [0.4, 0.5) is 11.4 Å². The van der Waals surface area contributed by atoms with Gasteiger partial charge >= 0.3 is 0 Å². The van der Waals surface area contributed by atoms with E-state index in [0.29, 0.717) is 28.4 Å². The molecule has 21 heavy (non-hydrogen) atoms. The van der Waals surface area contributed by atoms with Gasteiger partial charge in [0.2, 0.25) is 0 Å². The summed E-state index contributed by atoms with van der Waals surface area (Å²) in [5.41, 5.74) is 9.02. The molecular weight excluding hydrogens is 292 g/mol. The fraction of sp³-hybridized carbons (Fsp3) is 0.286. The number of rotatable bonds is 3. The minimum atomic E-state index is -0.197. The Morgan fingerprint density at radius 1 is 1.38 bits per heavy atom. The van der Waals surface area contributed by atoms with Gasteiger partial charge in [-0.3, -0.25) is 9.48 Å². The molecule has 0 aliphatic rings. The van der Waals surface area contributed by atoms with E-state index in [9.17, 15) is 4.79 Å². The Balaban J connectivity index is 0.00000220. The smallest absolute Gasteiger partial charge is 0.259 e. The quantitative estimate of drug-likeness (QED) is 0.852. The largest absolute Gasteiger partial charge is 0.495 e. The van der Waals surface area contributed by atoms with Gasteiger partial charge in [-0.15, -0.1) is 12.4 Å². The predicted molar refractivity (Wildman–Crippen MR) is 85.3 cm³/mol. The first-order valence-electron chi connectivity index (χ1n) is 6.19. The summed E-state index contributed by atoms with van der Waals surface area (Å²) >= 11 is 0. The maximum Gasteiger partial charge on any atom is 0.259 e. The lowest BCUT2D eigenvalue weighted by molar-refractivity contribution is 0.102. The number of aryl methyl sites for hydroxylation is 2. The first-order valence-corrected chi connectivity index (χ1v) is 6.19. The number of carbonyl (C=O) groups excluding carboxylic acids is 1. The highest BCUT2D eigenvalue weighted by atomic mass is 35.5. The highest BCUT2D eigenvalue weighted by molar-refractivity contribution is 6.06. The average molecular weight is 311 g/mol. The topological polar surface area (TPSA) is 82.2 Å². The van der Waals surface area contributed by atoms with Crippen LogP contribution >= 0.6 is 12.4 Å². The molecule has 1 aromatic heterocycles. The van der Waals surface area contributed by atoms with Crippen molar-refractivity contribution in [2.45, 2.75) is 13.8 Å². The van der Waals surface area contributed by atoms with Crippen LogP contribution in [0.1, 0.15) is 21.7 Å². The van der Waals surface area contributed by atoms with Crippen molar-refractivity contribution in [3.8, 4) is 5.75 Å². The Morgan fingerprint density at radius 2 is 2.05 bits per heavy atom. The lowest BCUT2D eigenvalue weighted by Gasteiger charge is -2.09. The van der Waals surface area contributed by atoms with Gasteiger partial charge in [0, 0.05) is 18.4 Å². The minimum absolute atomic E-state index is 0. The summed E-state index contributed by atoms with van der Waals surface area (Å²) in [6, 6.07) is 5.12. The summed E-state index contributed by atoms with van der Waals surface area (Å²) in [7, 11) is 3.36. The molecule has 6 nitrogen and oxygen atoms in total. The number of hydrogen-bond acceptors (Lipinski definition) is 4. The average Bonchev–Trinajstić information content (AvgIpc) is 2.63. The number of nitrogens with one attached hydrogen (secondary N) is 1. The van der Waals surface area contributed by atoms with Crippen molar-refractivity contribution >= 4 is 29.7 Å². The Labute approximate surface area is 129 Å². The predicted octanol–water partition coefficient (Wildman–Crippen LogP) is 2.30. The first-order chi connectivity index (χ1) is 9.43. The number of nitrogen functional groups attached to an aromatic ring is 1. The molecule has 0 radical (unpaired) electrons. The fourth-order valence-electron chi connectivity index (χ4n) is 2.11. The van der Waals surface area contributed by atoms with Crippen molar-refractivity contribution < 1.29 is 9.53 Å².